The largest absolute Gasteiger partial charge is 0.475 e. The molecule has 2 rings (SSSR count). The Bertz CT molecular complexity index is 681. The van der Waals surface area contributed by atoms with Crippen molar-refractivity contribution in [1.82, 2.24) is 5.32 Å². The molecule has 0 bridgehead atoms. The maximum atomic E-state index is 13.4. The minimum Gasteiger partial charge on any atom is -0.475 e. The van der Waals surface area contributed by atoms with Crippen LogP contribution in [-0.2, 0) is 17.8 Å². The van der Waals surface area contributed by atoms with Gasteiger partial charge in [-0.1, -0.05) is 6.07 Å². The van der Waals surface area contributed by atoms with Crippen molar-refractivity contribution in [1.29, 1.82) is 0 Å². The highest BCUT2D eigenvalue weighted by molar-refractivity contribution is 5.84. The Morgan fingerprint density at radius 1 is 1.19 bits per heavy atom. The Morgan fingerprint density at radius 3 is 2.57 bits per heavy atom. The first-order chi connectivity index (χ1) is 9.95. The molecule has 2 N–H and O–H groups in total. The zero-order valence-corrected chi connectivity index (χ0v) is 10.7. The van der Waals surface area contributed by atoms with Crippen LogP contribution in [0.25, 0.3) is 0 Å². The number of carboxylic acids is 1. The van der Waals surface area contributed by atoms with Gasteiger partial charge in [0.05, 0.1) is 13.0 Å². The molecule has 0 aliphatic carbocycles. The molecule has 1 aromatic heterocycles. The fraction of sp³-hybridized carbons (Fsp3) is 0.143. The van der Waals surface area contributed by atoms with Crippen LogP contribution >= 0.6 is 0 Å². The summed E-state index contributed by atoms with van der Waals surface area (Å²) in [5.74, 6) is -3.18. The number of hydrogen-bond donors (Lipinski definition) is 2. The van der Waals surface area contributed by atoms with Gasteiger partial charge in [0.1, 0.15) is 17.4 Å². The maximum Gasteiger partial charge on any atom is 0.371 e. The lowest BCUT2D eigenvalue weighted by Crippen LogP contribution is -2.24. The van der Waals surface area contributed by atoms with E-state index in [0.717, 1.165) is 6.07 Å². The summed E-state index contributed by atoms with van der Waals surface area (Å²) >= 11 is 0. The Labute approximate surface area is 118 Å². The fourth-order valence-electron chi connectivity index (χ4n) is 1.67. The van der Waals surface area contributed by atoms with Crippen LogP contribution in [0.5, 0.6) is 0 Å². The lowest BCUT2D eigenvalue weighted by atomic mass is 10.1. The van der Waals surface area contributed by atoms with Gasteiger partial charge in [0.25, 0.3) is 0 Å². The van der Waals surface area contributed by atoms with Gasteiger partial charge in [0.15, 0.2) is 0 Å². The summed E-state index contributed by atoms with van der Waals surface area (Å²) in [6.45, 7) is -0.0189. The van der Waals surface area contributed by atoms with Gasteiger partial charge in [-0.25, -0.2) is 13.6 Å². The average molecular weight is 295 g/mol. The monoisotopic (exact) mass is 295 g/mol. The molecule has 5 nitrogen and oxygen atoms in total. The molecular weight excluding hydrogens is 284 g/mol. The van der Waals surface area contributed by atoms with E-state index in [-0.39, 0.29) is 30.0 Å². The van der Waals surface area contributed by atoms with Crippen LogP contribution in [0.15, 0.2) is 34.7 Å². The number of aromatic carboxylic acids is 1. The van der Waals surface area contributed by atoms with Crippen LogP contribution < -0.4 is 5.32 Å². The summed E-state index contributed by atoms with van der Waals surface area (Å²) in [6, 6.07) is 5.65. The summed E-state index contributed by atoms with van der Waals surface area (Å²) in [4.78, 5) is 22.2. The predicted octanol–water partition coefficient (Wildman–Crippen LogP) is 2.11. The normalized spacial score (nSPS) is 10.4. The zero-order chi connectivity index (χ0) is 15.4. The topological polar surface area (TPSA) is 79.5 Å². The third-order valence-corrected chi connectivity index (χ3v) is 2.70. The molecule has 0 radical (unpaired) electrons. The lowest BCUT2D eigenvalue weighted by molar-refractivity contribution is -0.120. The zero-order valence-electron chi connectivity index (χ0n) is 10.7. The van der Waals surface area contributed by atoms with Crippen LogP contribution in [0.4, 0.5) is 8.78 Å². The molecule has 0 saturated heterocycles. The van der Waals surface area contributed by atoms with Crippen molar-refractivity contribution in [3.05, 3.63) is 59.1 Å². The molecule has 1 heterocycles. The molecule has 1 aromatic carbocycles. The van der Waals surface area contributed by atoms with Crippen molar-refractivity contribution >= 4 is 11.9 Å². The van der Waals surface area contributed by atoms with Crippen LogP contribution in [0, 0.1) is 11.6 Å². The molecule has 0 fully saturated rings. The highest BCUT2D eigenvalue weighted by atomic mass is 19.1. The fourth-order valence-corrected chi connectivity index (χ4v) is 1.67. The van der Waals surface area contributed by atoms with Gasteiger partial charge in [0.2, 0.25) is 11.7 Å². The van der Waals surface area contributed by atoms with Crippen molar-refractivity contribution in [2.75, 3.05) is 0 Å². The summed E-state index contributed by atoms with van der Waals surface area (Å²) in [6.07, 6.45) is -0.251. The smallest absolute Gasteiger partial charge is 0.371 e. The van der Waals surface area contributed by atoms with E-state index in [2.05, 4.69) is 5.32 Å². The molecular formula is C14H11F2NO4. The molecule has 21 heavy (non-hydrogen) atoms. The van der Waals surface area contributed by atoms with Crippen molar-refractivity contribution in [2.24, 2.45) is 0 Å². The number of hydrogen-bond acceptors (Lipinski definition) is 3. The SMILES string of the molecule is O=C(Cc1ccc(F)cc1F)NCc1ccc(C(=O)O)o1. The number of amides is 1. The second-order valence-corrected chi connectivity index (χ2v) is 4.26. The van der Waals surface area contributed by atoms with Gasteiger partial charge in [-0.3, -0.25) is 4.79 Å². The minimum atomic E-state index is -1.21. The molecule has 7 heteroatoms. The van der Waals surface area contributed by atoms with Crippen LogP contribution in [0.1, 0.15) is 21.9 Å². The average Bonchev–Trinajstić information content (AvgIpc) is 2.89. The summed E-state index contributed by atoms with van der Waals surface area (Å²) in [7, 11) is 0. The molecule has 2 aromatic rings. The Balaban J connectivity index is 1.91. The van der Waals surface area contributed by atoms with Gasteiger partial charge in [-0.2, -0.15) is 0 Å². The van der Waals surface area contributed by atoms with Crippen molar-refractivity contribution in [2.45, 2.75) is 13.0 Å². The van der Waals surface area contributed by atoms with E-state index in [9.17, 15) is 18.4 Å². The number of benzene rings is 1. The summed E-state index contributed by atoms with van der Waals surface area (Å²) < 4.78 is 31.0. The van der Waals surface area contributed by atoms with E-state index >= 15 is 0 Å². The summed E-state index contributed by atoms with van der Waals surface area (Å²) in [5, 5.41) is 11.1. The second-order valence-electron chi connectivity index (χ2n) is 4.26. The molecule has 0 aliphatic heterocycles. The molecule has 0 spiro atoms. The first-order valence-electron chi connectivity index (χ1n) is 5.98. The van der Waals surface area contributed by atoms with Crippen LogP contribution in [0.3, 0.4) is 0 Å². The van der Waals surface area contributed by atoms with E-state index in [1.54, 1.807) is 0 Å². The number of halogens is 2. The quantitative estimate of drug-likeness (QED) is 0.885. The first-order valence-corrected chi connectivity index (χ1v) is 5.98. The number of furan rings is 1. The first kappa shape index (κ1) is 14.7. The molecule has 0 atom stereocenters. The standard InChI is InChI=1S/C14H11F2NO4/c15-9-2-1-8(11(16)6-9)5-13(18)17-7-10-3-4-12(21-10)14(19)20/h1-4,6H,5,7H2,(H,17,18)(H,19,20). The Hall–Kier alpha value is -2.70. The predicted molar refractivity (Wildman–Crippen MR) is 67.6 cm³/mol. The van der Waals surface area contributed by atoms with E-state index in [4.69, 9.17) is 9.52 Å². The summed E-state index contributed by atoms with van der Waals surface area (Å²) in [5.41, 5.74) is 0.0690. The van der Waals surface area contributed by atoms with Gasteiger partial charge in [0, 0.05) is 6.07 Å². The van der Waals surface area contributed by atoms with E-state index in [1.807, 2.05) is 0 Å². The number of carbonyl (C=O) groups is 2. The van der Waals surface area contributed by atoms with Crippen molar-refractivity contribution < 1.29 is 27.9 Å². The Kier molecular flexibility index (Phi) is 4.32. The molecule has 1 amide bonds. The highest BCUT2D eigenvalue weighted by Crippen LogP contribution is 2.11. The second kappa shape index (κ2) is 6.17. The van der Waals surface area contributed by atoms with Gasteiger partial charge < -0.3 is 14.8 Å². The number of nitrogens with one attached hydrogen (secondary N) is 1. The number of carbonyl (C=O) groups excluding carboxylic acids is 1. The van der Waals surface area contributed by atoms with Crippen LogP contribution in [-0.4, -0.2) is 17.0 Å². The van der Waals surface area contributed by atoms with Gasteiger partial charge >= 0.3 is 5.97 Å². The van der Waals surface area contributed by atoms with E-state index in [0.29, 0.717) is 6.07 Å². The van der Waals surface area contributed by atoms with Crippen molar-refractivity contribution in [3.8, 4) is 0 Å². The molecule has 0 saturated carbocycles. The van der Waals surface area contributed by atoms with Gasteiger partial charge in [-0.15, -0.1) is 0 Å². The number of carboxylic acid groups (broad SMARTS) is 1. The molecule has 0 aliphatic rings. The third-order valence-electron chi connectivity index (χ3n) is 2.70. The Morgan fingerprint density at radius 2 is 1.95 bits per heavy atom. The van der Waals surface area contributed by atoms with Crippen LogP contribution in [0.2, 0.25) is 0 Å². The van der Waals surface area contributed by atoms with Gasteiger partial charge in [-0.05, 0) is 23.8 Å². The van der Waals surface area contributed by atoms with E-state index < -0.39 is 23.5 Å². The minimum absolute atomic E-state index is 0.0189. The maximum absolute atomic E-state index is 13.4. The van der Waals surface area contributed by atoms with E-state index in [1.165, 1.54) is 18.2 Å². The highest BCUT2D eigenvalue weighted by Gasteiger charge is 2.11. The molecule has 110 valence electrons. The molecule has 0 unspecified atom stereocenters. The van der Waals surface area contributed by atoms with Crippen molar-refractivity contribution in [3.63, 3.8) is 0 Å². The number of rotatable bonds is 5. The lowest BCUT2D eigenvalue weighted by Gasteiger charge is -2.04. The third kappa shape index (κ3) is 3.88.